The Balaban J connectivity index is 1.88. The van der Waals surface area contributed by atoms with Crippen LogP contribution in [-0.4, -0.2) is 49.3 Å². The number of carbonyl (C=O) groups is 1. The molecule has 4 nitrogen and oxygen atoms in total. The molecule has 2 saturated heterocycles. The smallest absolute Gasteiger partial charge is 0.225 e. The van der Waals surface area contributed by atoms with Crippen LogP contribution >= 0.6 is 0 Å². The lowest BCUT2D eigenvalue weighted by molar-refractivity contribution is -0.200. The molecule has 0 aliphatic carbocycles. The van der Waals surface area contributed by atoms with Crippen LogP contribution in [0.1, 0.15) is 26.7 Å². The maximum Gasteiger partial charge on any atom is 0.225 e. The summed E-state index contributed by atoms with van der Waals surface area (Å²) in [6.07, 6.45) is 2.19. The van der Waals surface area contributed by atoms with E-state index in [-0.39, 0.29) is 17.4 Å². The second-order valence-corrected chi connectivity index (χ2v) is 5.23. The Labute approximate surface area is 96.9 Å². The maximum atomic E-state index is 11.7. The molecule has 92 valence electrons. The van der Waals surface area contributed by atoms with E-state index < -0.39 is 0 Å². The van der Waals surface area contributed by atoms with Gasteiger partial charge < -0.3 is 14.4 Å². The van der Waals surface area contributed by atoms with Gasteiger partial charge in [0.1, 0.15) is 5.60 Å². The summed E-state index contributed by atoms with van der Waals surface area (Å²) in [5, 5.41) is 0. The highest BCUT2D eigenvalue weighted by atomic mass is 16.5. The van der Waals surface area contributed by atoms with E-state index in [0.29, 0.717) is 6.10 Å². The minimum Gasteiger partial charge on any atom is -0.381 e. The van der Waals surface area contributed by atoms with Crippen molar-refractivity contribution in [3.63, 3.8) is 0 Å². The molecule has 4 heteroatoms. The molecular weight excluding hydrogens is 206 g/mol. The first-order valence-electron chi connectivity index (χ1n) is 6.02. The molecule has 0 aromatic carbocycles. The number of methoxy groups -OCH3 is 1. The lowest BCUT2D eigenvalue weighted by atomic mass is 9.84. The number of hydrogen-bond donors (Lipinski definition) is 0. The van der Waals surface area contributed by atoms with Gasteiger partial charge in [0, 0.05) is 26.1 Å². The average Bonchev–Trinajstić information content (AvgIpc) is 2.24. The largest absolute Gasteiger partial charge is 0.381 e. The van der Waals surface area contributed by atoms with Gasteiger partial charge in [0.2, 0.25) is 5.91 Å². The molecule has 0 aromatic heterocycles. The van der Waals surface area contributed by atoms with Gasteiger partial charge in [0.15, 0.2) is 0 Å². The van der Waals surface area contributed by atoms with Crippen molar-refractivity contribution in [3.8, 4) is 0 Å². The number of rotatable bonds is 2. The Morgan fingerprint density at radius 3 is 2.75 bits per heavy atom. The van der Waals surface area contributed by atoms with Crippen LogP contribution in [0, 0.1) is 5.92 Å². The highest BCUT2D eigenvalue weighted by Crippen LogP contribution is 2.35. The summed E-state index contributed by atoms with van der Waals surface area (Å²) in [5.41, 5.74) is -0.108. The van der Waals surface area contributed by atoms with E-state index >= 15 is 0 Å². The zero-order valence-electron chi connectivity index (χ0n) is 10.4. The Morgan fingerprint density at radius 2 is 2.19 bits per heavy atom. The Morgan fingerprint density at radius 1 is 1.50 bits per heavy atom. The van der Waals surface area contributed by atoms with Crippen LogP contribution in [0.4, 0.5) is 0 Å². The molecule has 2 aliphatic heterocycles. The van der Waals surface area contributed by atoms with Crippen molar-refractivity contribution in [1.29, 1.82) is 0 Å². The highest BCUT2D eigenvalue weighted by molar-refractivity contribution is 5.79. The number of amides is 1. The number of likely N-dealkylation sites (tertiary alicyclic amines) is 1. The van der Waals surface area contributed by atoms with E-state index in [9.17, 15) is 4.79 Å². The van der Waals surface area contributed by atoms with Gasteiger partial charge in [-0.2, -0.15) is 0 Å². The predicted molar refractivity (Wildman–Crippen MR) is 60.1 cm³/mol. The van der Waals surface area contributed by atoms with Crippen LogP contribution in [0.15, 0.2) is 0 Å². The van der Waals surface area contributed by atoms with Crippen molar-refractivity contribution >= 4 is 5.91 Å². The summed E-state index contributed by atoms with van der Waals surface area (Å²) in [6, 6.07) is 0. The molecule has 1 atom stereocenters. The monoisotopic (exact) mass is 227 g/mol. The van der Waals surface area contributed by atoms with Gasteiger partial charge in [-0.3, -0.25) is 4.79 Å². The SMILES string of the molecule is CO[C@H]1CCOC2(C1)CN(C(=O)C(C)C)C2. The highest BCUT2D eigenvalue weighted by Gasteiger charge is 2.49. The van der Waals surface area contributed by atoms with E-state index in [1.165, 1.54) is 0 Å². The Kier molecular flexibility index (Phi) is 3.22. The van der Waals surface area contributed by atoms with Crippen LogP contribution < -0.4 is 0 Å². The van der Waals surface area contributed by atoms with Crippen LogP contribution in [0.3, 0.4) is 0 Å². The standard InChI is InChI=1S/C12H21NO3/c1-9(2)11(14)13-7-12(8-13)6-10(15-3)4-5-16-12/h9-10H,4-8H2,1-3H3/t10-/m0/s1. The molecule has 0 unspecified atom stereocenters. The van der Waals surface area contributed by atoms with Gasteiger partial charge in [0.05, 0.1) is 19.2 Å². The second-order valence-electron chi connectivity index (χ2n) is 5.23. The van der Waals surface area contributed by atoms with Gasteiger partial charge in [-0.25, -0.2) is 0 Å². The maximum absolute atomic E-state index is 11.7. The summed E-state index contributed by atoms with van der Waals surface area (Å²) in [5.74, 6) is 0.313. The molecule has 16 heavy (non-hydrogen) atoms. The zero-order chi connectivity index (χ0) is 11.8. The molecule has 2 fully saturated rings. The first kappa shape index (κ1) is 11.9. The van der Waals surface area contributed by atoms with Gasteiger partial charge in [0.25, 0.3) is 0 Å². The van der Waals surface area contributed by atoms with Crippen LogP contribution in [0.2, 0.25) is 0 Å². The van der Waals surface area contributed by atoms with Crippen LogP contribution in [0.5, 0.6) is 0 Å². The van der Waals surface area contributed by atoms with Crippen molar-refractivity contribution in [2.24, 2.45) is 5.92 Å². The van der Waals surface area contributed by atoms with Crippen molar-refractivity contribution in [1.82, 2.24) is 4.90 Å². The van der Waals surface area contributed by atoms with Gasteiger partial charge >= 0.3 is 0 Å². The quantitative estimate of drug-likeness (QED) is 0.707. The lowest BCUT2D eigenvalue weighted by Gasteiger charge is -2.53. The summed E-state index contributed by atoms with van der Waals surface area (Å²) < 4.78 is 11.2. The van der Waals surface area contributed by atoms with E-state index in [1.54, 1.807) is 7.11 Å². The van der Waals surface area contributed by atoms with Gasteiger partial charge in [-0.05, 0) is 6.42 Å². The van der Waals surface area contributed by atoms with E-state index in [2.05, 4.69) is 0 Å². The molecule has 2 aliphatic rings. The molecule has 1 amide bonds. The zero-order valence-corrected chi connectivity index (χ0v) is 10.4. The Hall–Kier alpha value is -0.610. The van der Waals surface area contributed by atoms with Crippen molar-refractivity contribution < 1.29 is 14.3 Å². The lowest BCUT2D eigenvalue weighted by Crippen LogP contribution is -2.67. The molecule has 2 heterocycles. The van der Waals surface area contributed by atoms with E-state index in [0.717, 1.165) is 32.5 Å². The average molecular weight is 227 g/mol. The minimum atomic E-state index is -0.108. The first-order valence-corrected chi connectivity index (χ1v) is 6.02. The van der Waals surface area contributed by atoms with E-state index in [4.69, 9.17) is 9.47 Å². The first-order chi connectivity index (χ1) is 7.56. The number of nitrogens with zero attached hydrogens (tertiary/aromatic N) is 1. The number of hydrogen-bond acceptors (Lipinski definition) is 3. The topological polar surface area (TPSA) is 38.8 Å². The fourth-order valence-electron chi connectivity index (χ4n) is 2.57. The van der Waals surface area contributed by atoms with Crippen molar-refractivity contribution in [3.05, 3.63) is 0 Å². The minimum absolute atomic E-state index is 0.0826. The Bertz CT molecular complexity index is 271. The predicted octanol–water partition coefficient (Wildman–Crippen LogP) is 1.05. The van der Waals surface area contributed by atoms with Gasteiger partial charge in [-0.1, -0.05) is 13.8 Å². The molecule has 2 rings (SSSR count). The normalized spacial score (nSPS) is 28.2. The van der Waals surface area contributed by atoms with Crippen molar-refractivity contribution in [2.75, 3.05) is 26.8 Å². The molecular formula is C12H21NO3. The molecule has 0 N–H and O–H groups in total. The third-order valence-electron chi connectivity index (χ3n) is 3.54. The summed E-state index contributed by atoms with van der Waals surface area (Å²) in [7, 11) is 1.75. The summed E-state index contributed by atoms with van der Waals surface area (Å²) in [4.78, 5) is 13.6. The molecule has 1 spiro atoms. The molecule has 0 aromatic rings. The third-order valence-corrected chi connectivity index (χ3v) is 3.54. The van der Waals surface area contributed by atoms with E-state index in [1.807, 2.05) is 18.7 Å². The third kappa shape index (κ3) is 2.09. The summed E-state index contributed by atoms with van der Waals surface area (Å²) >= 11 is 0. The summed E-state index contributed by atoms with van der Waals surface area (Å²) in [6.45, 7) is 6.11. The number of ether oxygens (including phenoxy) is 2. The fraction of sp³-hybridized carbons (Fsp3) is 0.917. The van der Waals surface area contributed by atoms with Crippen LogP contribution in [0.25, 0.3) is 0 Å². The number of carbonyl (C=O) groups excluding carboxylic acids is 1. The molecule has 0 bridgehead atoms. The fourth-order valence-corrected chi connectivity index (χ4v) is 2.57. The molecule has 0 radical (unpaired) electrons. The second kappa shape index (κ2) is 4.34. The van der Waals surface area contributed by atoms with Gasteiger partial charge in [-0.15, -0.1) is 0 Å². The van der Waals surface area contributed by atoms with Crippen molar-refractivity contribution in [2.45, 2.75) is 38.4 Å². The molecule has 0 saturated carbocycles. The van der Waals surface area contributed by atoms with Crippen LogP contribution in [-0.2, 0) is 14.3 Å².